The Morgan fingerprint density at radius 3 is 1.82 bits per heavy atom. The summed E-state index contributed by atoms with van der Waals surface area (Å²) in [6.45, 7) is 0. The number of aromatic hydroxyl groups is 1. The van der Waals surface area contributed by atoms with Gasteiger partial charge in [-0.3, -0.25) is 0 Å². The van der Waals surface area contributed by atoms with Crippen molar-refractivity contribution >= 4 is 33.5 Å². The molecule has 0 saturated carbocycles. The van der Waals surface area contributed by atoms with Crippen molar-refractivity contribution in [2.45, 2.75) is 0 Å². The normalized spacial score (nSPS) is 10.3. The summed E-state index contributed by atoms with van der Waals surface area (Å²) >= 11 is 0. The molecule has 8 heteroatoms. The maximum Gasteiger partial charge on any atom is 0.338 e. The monoisotopic (exact) mass is 511 g/mol. The van der Waals surface area contributed by atoms with Crippen LogP contribution in [0.3, 0.4) is 0 Å². The molecular weight excluding hydrogens is 486 g/mol. The van der Waals surface area contributed by atoms with E-state index in [-0.39, 0.29) is 17.7 Å². The van der Waals surface area contributed by atoms with Crippen molar-refractivity contribution in [3.63, 3.8) is 0 Å². The number of rotatable bonds is 5. The number of ether oxygens (including phenoxy) is 4. The molecule has 1 N–H and O–H groups in total. The van der Waals surface area contributed by atoms with Crippen LogP contribution in [0.25, 0.3) is 21.5 Å². The third-order valence-electron chi connectivity index (χ3n) is 5.68. The van der Waals surface area contributed by atoms with E-state index in [1.807, 2.05) is 30.3 Å². The lowest BCUT2D eigenvalue weighted by Crippen LogP contribution is -2.01. The Morgan fingerprint density at radius 2 is 1.26 bits per heavy atom. The maximum atomic E-state index is 11.8. The molecule has 0 aliphatic heterocycles. The minimum absolute atomic E-state index is 0.185. The van der Waals surface area contributed by atoms with Gasteiger partial charge in [-0.1, -0.05) is 24.3 Å². The van der Waals surface area contributed by atoms with Crippen LogP contribution in [-0.2, 0) is 9.47 Å². The molecular formula is C30H25NO7. The van der Waals surface area contributed by atoms with Crippen LogP contribution in [0, 0.1) is 0 Å². The molecule has 0 atom stereocenters. The number of benzene rings is 4. The second kappa shape index (κ2) is 11.7. The smallest absolute Gasteiger partial charge is 0.338 e. The van der Waals surface area contributed by atoms with Crippen molar-refractivity contribution in [1.82, 2.24) is 4.98 Å². The second-order valence-corrected chi connectivity index (χ2v) is 8.02. The Bertz CT molecular complexity index is 1600. The quantitative estimate of drug-likeness (QED) is 0.280. The summed E-state index contributed by atoms with van der Waals surface area (Å²) < 4.78 is 20.3. The highest BCUT2D eigenvalue weighted by Gasteiger charge is 2.11. The van der Waals surface area contributed by atoms with E-state index in [1.54, 1.807) is 67.9 Å². The average molecular weight is 512 g/mol. The van der Waals surface area contributed by atoms with Gasteiger partial charge in [0, 0.05) is 6.07 Å². The molecule has 0 fully saturated rings. The van der Waals surface area contributed by atoms with Gasteiger partial charge in [0.15, 0.2) is 0 Å². The maximum absolute atomic E-state index is 11.8. The SMILES string of the molecule is COC(=O)c1cccc2cc(O)ccc12.COC(=O)c1cccc2cc(Oc3ccc(OC)nc3)ccc12. The highest BCUT2D eigenvalue weighted by atomic mass is 16.5. The van der Waals surface area contributed by atoms with Crippen LogP contribution < -0.4 is 9.47 Å². The number of hydrogen-bond donors (Lipinski definition) is 1. The first-order valence-electron chi connectivity index (χ1n) is 11.5. The van der Waals surface area contributed by atoms with Crippen LogP contribution in [0.2, 0.25) is 0 Å². The number of methoxy groups -OCH3 is 3. The van der Waals surface area contributed by atoms with Gasteiger partial charge in [-0.2, -0.15) is 0 Å². The molecule has 0 amide bonds. The molecule has 4 aromatic carbocycles. The van der Waals surface area contributed by atoms with E-state index in [9.17, 15) is 14.7 Å². The molecule has 0 aliphatic carbocycles. The van der Waals surface area contributed by atoms with E-state index < -0.39 is 0 Å². The molecule has 0 radical (unpaired) electrons. The van der Waals surface area contributed by atoms with Gasteiger partial charge >= 0.3 is 11.9 Å². The lowest BCUT2D eigenvalue weighted by molar-refractivity contribution is 0.0594. The molecule has 8 nitrogen and oxygen atoms in total. The molecule has 1 heterocycles. The zero-order valence-electron chi connectivity index (χ0n) is 21.0. The second-order valence-electron chi connectivity index (χ2n) is 8.02. The van der Waals surface area contributed by atoms with Gasteiger partial charge in [-0.25, -0.2) is 14.6 Å². The molecule has 1 aromatic heterocycles. The highest BCUT2D eigenvalue weighted by molar-refractivity contribution is 6.05. The van der Waals surface area contributed by atoms with Gasteiger partial charge in [0.25, 0.3) is 0 Å². The van der Waals surface area contributed by atoms with Crippen molar-refractivity contribution < 1.29 is 33.6 Å². The van der Waals surface area contributed by atoms with Crippen LogP contribution >= 0.6 is 0 Å². The zero-order chi connectivity index (χ0) is 27.1. The molecule has 5 aromatic rings. The fraction of sp³-hybridized carbons (Fsp3) is 0.100. The van der Waals surface area contributed by atoms with Gasteiger partial charge < -0.3 is 24.1 Å². The number of nitrogens with zero attached hydrogens (tertiary/aromatic N) is 1. The van der Waals surface area contributed by atoms with Crippen LogP contribution in [0.4, 0.5) is 0 Å². The van der Waals surface area contributed by atoms with E-state index in [1.165, 1.54) is 14.2 Å². The number of esters is 2. The van der Waals surface area contributed by atoms with E-state index in [0.29, 0.717) is 28.5 Å². The van der Waals surface area contributed by atoms with Gasteiger partial charge in [0.2, 0.25) is 5.88 Å². The Labute approximate surface area is 219 Å². The van der Waals surface area contributed by atoms with Gasteiger partial charge in [0.1, 0.15) is 17.2 Å². The van der Waals surface area contributed by atoms with E-state index in [4.69, 9.17) is 14.2 Å². The minimum atomic E-state index is -0.369. The largest absolute Gasteiger partial charge is 0.508 e. The van der Waals surface area contributed by atoms with Gasteiger partial charge in [0.05, 0.1) is 38.7 Å². The Balaban J connectivity index is 0.000000194. The van der Waals surface area contributed by atoms with E-state index >= 15 is 0 Å². The van der Waals surface area contributed by atoms with Crippen molar-refractivity contribution in [2.75, 3.05) is 21.3 Å². The van der Waals surface area contributed by atoms with Gasteiger partial charge in [-0.15, -0.1) is 0 Å². The topological polar surface area (TPSA) is 104 Å². The van der Waals surface area contributed by atoms with Crippen molar-refractivity contribution in [1.29, 1.82) is 0 Å². The molecule has 0 aliphatic rings. The number of phenols is 1. The fourth-order valence-corrected chi connectivity index (χ4v) is 3.86. The number of hydrogen-bond acceptors (Lipinski definition) is 8. The van der Waals surface area contributed by atoms with E-state index in [2.05, 4.69) is 9.72 Å². The lowest BCUT2D eigenvalue weighted by atomic mass is 10.0. The first kappa shape index (κ1) is 26.0. The summed E-state index contributed by atoms with van der Waals surface area (Å²) in [5, 5.41) is 12.6. The van der Waals surface area contributed by atoms with Crippen LogP contribution in [0.5, 0.6) is 23.1 Å². The molecule has 0 unspecified atom stereocenters. The molecule has 38 heavy (non-hydrogen) atoms. The minimum Gasteiger partial charge on any atom is -0.508 e. The van der Waals surface area contributed by atoms with Crippen molar-refractivity contribution in [3.8, 4) is 23.1 Å². The Morgan fingerprint density at radius 1 is 0.684 bits per heavy atom. The number of carbonyl (C=O) groups is 2. The lowest BCUT2D eigenvalue weighted by Gasteiger charge is -2.09. The summed E-state index contributed by atoms with van der Waals surface area (Å²) in [6, 6.07) is 24.6. The molecule has 192 valence electrons. The summed E-state index contributed by atoms with van der Waals surface area (Å²) in [7, 11) is 4.28. The van der Waals surface area contributed by atoms with Crippen LogP contribution in [0.15, 0.2) is 91.1 Å². The predicted molar refractivity (Wildman–Crippen MR) is 143 cm³/mol. The average Bonchev–Trinajstić information content (AvgIpc) is 2.96. The number of carbonyl (C=O) groups excluding carboxylic acids is 2. The number of phenolic OH excluding ortho intramolecular Hbond substituents is 1. The number of fused-ring (bicyclic) bond motifs is 2. The first-order chi connectivity index (χ1) is 18.4. The Hall–Kier alpha value is -5.11. The van der Waals surface area contributed by atoms with Crippen LogP contribution in [-0.4, -0.2) is 43.4 Å². The first-order valence-corrected chi connectivity index (χ1v) is 11.5. The third kappa shape index (κ3) is 5.82. The zero-order valence-corrected chi connectivity index (χ0v) is 21.0. The third-order valence-corrected chi connectivity index (χ3v) is 5.68. The van der Waals surface area contributed by atoms with Crippen molar-refractivity contribution in [2.24, 2.45) is 0 Å². The highest BCUT2D eigenvalue weighted by Crippen LogP contribution is 2.28. The molecule has 0 bridgehead atoms. The van der Waals surface area contributed by atoms with Crippen molar-refractivity contribution in [3.05, 3.63) is 102 Å². The summed E-state index contributed by atoms with van der Waals surface area (Å²) in [5.74, 6) is 1.25. The summed E-state index contributed by atoms with van der Waals surface area (Å²) in [6.07, 6.45) is 1.59. The molecule has 5 rings (SSSR count). The summed E-state index contributed by atoms with van der Waals surface area (Å²) in [4.78, 5) is 27.3. The van der Waals surface area contributed by atoms with E-state index in [0.717, 1.165) is 21.5 Å². The fourth-order valence-electron chi connectivity index (χ4n) is 3.86. The summed E-state index contributed by atoms with van der Waals surface area (Å²) in [5.41, 5.74) is 1.04. The predicted octanol–water partition coefficient (Wildman–Crippen LogP) is 6.15. The number of pyridine rings is 1. The molecule has 0 saturated heterocycles. The number of aromatic nitrogens is 1. The van der Waals surface area contributed by atoms with Crippen LogP contribution in [0.1, 0.15) is 20.7 Å². The molecule has 0 spiro atoms. The Kier molecular flexibility index (Phi) is 8.03. The van der Waals surface area contributed by atoms with Gasteiger partial charge in [-0.05, 0) is 76.1 Å². The standard InChI is InChI=1S/C18H15NO4.C12H10O3/c1-21-17-9-7-14(11-19-17)23-13-6-8-15-12(10-13)4-3-5-16(15)18(20)22-2;1-15-12(14)11-4-2-3-8-7-9(13)5-6-10(8)11/h3-11H,1-2H3;2-7,13H,1H3.